The fraction of sp³-hybridized carbons (Fsp3) is 0.632. The standard InChI is InChI=1S/C19H29ClFN3O.2ClH/c20-18-12-16(21)9-8-15(18)13-24-11-5-6-17(14-24)23-19(25)7-3-1-2-4-10-22;;/h8-9,12,17H,1-7,10-11,13-14,22H2,(H,23,25);2*1H. The van der Waals surface area contributed by atoms with E-state index in [1.54, 1.807) is 6.07 Å². The number of halogens is 4. The van der Waals surface area contributed by atoms with E-state index in [0.717, 1.165) is 63.7 Å². The van der Waals surface area contributed by atoms with Gasteiger partial charge in [0.25, 0.3) is 0 Å². The Morgan fingerprint density at radius 1 is 1.26 bits per heavy atom. The number of benzene rings is 1. The van der Waals surface area contributed by atoms with Crippen LogP contribution in [0.2, 0.25) is 5.02 Å². The highest BCUT2D eigenvalue weighted by atomic mass is 35.5. The number of likely N-dealkylation sites (tertiary alicyclic amines) is 1. The molecule has 0 spiro atoms. The summed E-state index contributed by atoms with van der Waals surface area (Å²) in [6, 6.07) is 4.71. The molecule has 1 heterocycles. The minimum atomic E-state index is -0.316. The fourth-order valence-electron chi connectivity index (χ4n) is 3.29. The summed E-state index contributed by atoms with van der Waals surface area (Å²) in [5, 5.41) is 3.61. The Labute approximate surface area is 179 Å². The van der Waals surface area contributed by atoms with E-state index in [2.05, 4.69) is 10.2 Å². The molecule has 0 bridgehead atoms. The molecular formula is C19H31Cl3FN3O. The van der Waals surface area contributed by atoms with Crippen LogP contribution in [-0.4, -0.2) is 36.5 Å². The van der Waals surface area contributed by atoms with Gasteiger partial charge in [0.15, 0.2) is 0 Å². The van der Waals surface area contributed by atoms with Gasteiger partial charge in [0, 0.05) is 30.6 Å². The molecule has 0 aliphatic carbocycles. The molecule has 1 aliphatic heterocycles. The Bertz CT molecular complexity index is 563. The van der Waals surface area contributed by atoms with Crippen LogP contribution in [0.25, 0.3) is 0 Å². The summed E-state index contributed by atoms with van der Waals surface area (Å²) in [5.41, 5.74) is 6.39. The number of hydrogen-bond donors (Lipinski definition) is 2. The maximum absolute atomic E-state index is 13.2. The number of carbonyl (C=O) groups excluding carboxylic acids is 1. The zero-order chi connectivity index (χ0) is 18.1. The summed E-state index contributed by atoms with van der Waals surface area (Å²) in [4.78, 5) is 14.4. The summed E-state index contributed by atoms with van der Waals surface area (Å²) in [6.45, 7) is 3.19. The number of unbranched alkanes of at least 4 members (excludes halogenated alkanes) is 3. The third kappa shape index (κ3) is 9.95. The molecule has 4 nitrogen and oxygen atoms in total. The lowest BCUT2D eigenvalue weighted by Crippen LogP contribution is -2.47. The second kappa shape index (κ2) is 14.4. The lowest BCUT2D eigenvalue weighted by atomic mass is 10.0. The minimum Gasteiger partial charge on any atom is -0.352 e. The zero-order valence-corrected chi connectivity index (χ0v) is 18.0. The highest BCUT2D eigenvalue weighted by Crippen LogP contribution is 2.21. The lowest BCUT2D eigenvalue weighted by molar-refractivity contribution is -0.122. The van der Waals surface area contributed by atoms with Gasteiger partial charge in [-0.15, -0.1) is 24.8 Å². The van der Waals surface area contributed by atoms with Gasteiger partial charge < -0.3 is 11.1 Å². The third-order valence-electron chi connectivity index (χ3n) is 4.64. The Balaban J connectivity index is 0.00000338. The van der Waals surface area contributed by atoms with E-state index in [1.165, 1.54) is 12.1 Å². The number of hydrogen-bond acceptors (Lipinski definition) is 3. The molecule has 27 heavy (non-hydrogen) atoms. The van der Waals surface area contributed by atoms with Crippen molar-refractivity contribution in [3.8, 4) is 0 Å². The molecule has 8 heteroatoms. The van der Waals surface area contributed by atoms with Crippen molar-refractivity contribution in [2.24, 2.45) is 5.73 Å². The molecule has 1 amide bonds. The SMILES string of the molecule is Cl.Cl.NCCCCCCC(=O)NC1CCCN(Cc2ccc(F)cc2Cl)C1. The number of nitrogens with zero attached hydrogens (tertiary/aromatic N) is 1. The van der Waals surface area contributed by atoms with Crippen molar-refractivity contribution in [2.75, 3.05) is 19.6 Å². The topological polar surface area (TPSA) is 58.4 Å². The molecule has 1 aromatic rings. The molecule has 1 atom stereocenters. The van der Waals surface area contributed by atoms with Crippen molar-refractivity contribution in [2.45, 2.75) is 57.5 Å². The molecule has 1 saturated heterocycles. The minimum absolute atomic E-state index is 0. The summed E-state index contributed by atoms with van der Waals surface area (Å²) in [5.74, 6) is -0.177. The molecule has 1 fully saturated rings. The van der Waals surface area contributed by atoms with Gasteiger partial charge in [0.1, 0.15) is 5.82 Å². The van der Waals surface area contributed by atoms with Crippen LogP contribution in [0, 0.1) is 5.82 Å². The molecular weight excluding hydrogens is 412 g/mol. The monoisotopic (exact) mass is 441 g/mol. The van der Waals surface area contributed by atoms with E-state index in [9.17, 15) is 9.18 Å². The predicted octanol–water partition coefficient (Wildman–Crippen LogP) is 4.31. The first-order valence-corrected chi connectivity index (χ1v) is 9.62. The van der Waals surface area contributed by atoms with E-state index in [4.69, 9.17) is 17.3 Å². The number of nitrogens with two attached hydrogens (primary N) is 1. The average Bonchev–Trinajstić information content (AvgIpc) is 2.57. The van der Waals surface area contributed by atoms with E-state index < -0.39 is 0 Å². The molecule has 156 valence electrons. The van der Waals surface area contributed by atoms with E-state index >= 15 is 0 Å². The van der Waals surface area contributed by atoms with E-state index in [0.29, 0.717) is 18.0 Å². The Morgan fingerprint density at radius 3 is 2.70 bits per heavy atom. The first kappa shape index (κ1) is 26.4. The first-order valence-electron chi connectivity index (χ1n) is 9.24. The lowest BCUT2D eigenvalue weighted by Gasteiger charge is -2.33. The second-order valence-corrected chi connectivity index (χ2v) is 7.24. The van der Waals surface area contributed by atoms with Gasteiger partial charge in [0.2, 0.25) is 5.91 Å². The van der Waals surface area contributed by atoms with Crippen molar-refractivity contribution >= 4 is 42.3 Å². The molecule has 0 aromatic heterocycles. The van der Waals surface area contributed by atoms with Gasteiger partial charge in [-0.25, -0.2) is 4.39 Å². The molecule has 1 aromatic carbocycles. The van der Waals surface area contributed by atoms with Gasteiger partial charge in [0.05, 0.1) is 0 Å². The van der Waals surface area contributed by atoms with Gasteiger partial charge in [-0.05, 0) is 56.5 Å². The average molecular weight is 443 g/mol. The number of carbonyl (C=O) groups is 1. The van der Waals surface area contributed by atoms with Crippen LogP contribution < -0.4 is 11.1 Å². The van der Waals surface area contributed by atoms with Crippen LogP contribution in [0.3, 0.4) is 0 Å². The van der Waals surface area contributed by atoms with Gasteiger partial charge in [-0.2, -0.15) is 0 Å². The first-order chi connectivity index (χ1) is 12.1. The Kier molecular flexibility index (Phi) is 14.1. The second-order valence-electron chi connectivity index (χ2n) is 6.83. The summed E-state index contributed by atoms with van der Waals surface area (Å²) >= 11 is 6.12. The highest BCUT2D eigenvalue weighted by molar-refractivity contribution is 6.31. The smallest absolute Gasteiger partial charge is 0.220 e. The van der Waals surface area contributed by atoms with Crippen molar-refractivity contribution in [3.63, 3.8) is 0 Å². The molecule has 1 unspecified atom stereocenters. The van der Waals surface area contributed by atoms with Crippen LogP contribution in [0.15, 0.2) is 18.2 Å². The molecule has 0 radical (unpaired) electrons. The van der Waals surface area contributed by atoms with Crippen molar-refractivity contribution < 1.29 is 9.18 Å². The van der Waals surface area contributed by atoms with Crippen molar-refractivity contribution in [1.82, 2.24) is 10.2 Å². The van der Waals surface area contributed by atoms with Crippen molar-refractivity contribution in [1.29, 1.82) is 0 Å². The van der Waals surface area contributed by atoms with Crippen LogP contribution in [-0.2, 0) is 11.3 Å². The summed E-state index contributed by atoms with van der Waals surface area (Å²) in [6.07, 6.45) is 6.75. The molecule has 3 N–H and O–H groups in total. The van der Waals surface area contributed by atoms with E-state index in [-0.39, 0.29) is 42.6 Å². The molecule has 0 saturated carbocycles. The maximum atomic E-state index is 13.2. The normalized spacial score (nSPS) is 16.9. The number of rotatable bonds is 9. The quantitative estimate of drug-likeness (QED) is 0.560. The van der Waals surface area contributed by atoms with E-state index in [1.807, 2.05) is 0 Å². The largest absolute Gasteiger partial charge is 0.352 e. The number of nitrogens with one attached hydrogen (secondary N) is 1. The Hall–Kier alpha value is -0.590. The van der Waals surface area contributed by atoms with Gasteiger partial charge >= 0.3 is 0 Å². The van der Waals surface area contributed by atoms with Gasteiger partial charge in [-0.1, -0.05) is 30.5 Å². The number of piperidine rings is 1. The molecule has 1 aliphatic rings. The van der Waals surface area contributed by atoms with Crippen LogP contribution in [0.4, 0.5) is 4.39 Å². The van der Waals surface area contributed by atoms with Crippen LogP contribution >= 0.6 is 36.4 Å². The fourth-order valence-corrected chi connectivity index (χ4v) is 3.52. The van der Waals surface area contributed by atoms with Crippen LogP contribution in [0.1, 0.15) is 50.5 Å². The third-order valence-corrected chi connectivity index (χ3v) is 4.99. The summed E-state index contributed by atoms with van der Waals surface area (Å²) < 4.78 is 13.2. The zero-order valence-electron chi connectivity index (χ0n) is 15.6. The maximum Gasteiger partial charge on any atom is 0.220 e. The Morgan fingerprint density at radius 2 is 2.00 bits per heavy atom. The van der Waals surface area contributed by atoms with Crippen LogP contribution in [0.5, 0.6) is 0 Å². The number of amides is 1. The predicted molar refractivity (Wildman–Crippen MR) is 114 cm³/mol. The van der Waals surface area contributed by atoms with Crippen molar-refractivity contribution in [3.05, 3.63) is 34.6 Å². The molecule has 2 rings (SSSR count). The summed E-state index contributed by atoms with van der Waals surface area (Å²) in [7, 11) is 0. The van der Waals surface area contributed by atoms with Gasteiger partial charge in [-0.3, -0.25) is 9.69 Å². The highest BCUT2D eigenvalue weighted by Gasteiger charge is 2.21.